The zero-order chi connectivity index (χ0) is 14.8. The molecule has 0 aliphatic carbocycles. The van der Waals surface area contributed by atoms with E-state index in [9.17, 15) is 9.00 Å². The van der Waals surface area contributed by atoms with E-state index in [1.165, 1.54) is 37.6 Å². The van der Waals surface area contributed by atoms with Gasteiger partial charge < -0.3 is 4.74 Å². The lowest BCUT2D eigenvalue weighted by atomic mass is 10.2. The first-order chi connectivity index (χ1) is 9.45. The first kappa shape index (κ1) is 14.7. The molecule has 2 aromatic rings. The van der Waals surface area contributed by atoms with Crippen molar-refractivity contribution in [3.8, 4) is 0 Å². The van der Waals surface area contributed by atoms with Gasteiger partial charge in [-0.15, -0.1) is 0 Å². The number of pyridine rings is 1. The lowest BCUT2D eigenvalue weighted by Gasteiger charge is -2.08. The van der Waals surface area contributed by atoms with Crippen LogP contribution in [0, 0.1) is 4.78 Å². The van der Waals surface area contributed by atoms with Crippen LogP contribution in [0.3, 0.4) is 0 Å². The average Bonchev–Trinajstić information content (AvgIpc) is 2.47. The zero-order valence-electron chi connectivity index (χ0n) is 10.5. The van der Waals surface area contributed by atoms with E-state index in [0.29, 0.717) is 20.0 Å². The number of methoxy groups -OCH3 is 1. The first-order valence-corrected chi connectivity index (χ1v) is 7.89. The number of hydrogen-bond donors (Lipinski definition) is 1. The standard InChI is InChI=1S/C13H11BrN2O3S/c1-19-13(17)9-2-4-10(5-3-9)20(15,18)11-6-7-12(14)16-8-11/h2-8,15H,1H3. The fraction of sp³-hybridized carbons (Fsp3) is 0.0769. The summed E-state index contributed by atoms with van der Waals surface area (Å²) in [4.78, 5) is 15.9. The Bertz CT molecular complexity index is 725. The van der Waals surface area contributed by atoms with Gasteiger partial charge in [-0.3, -0.25) is 0 Å². The Hall–Kier alpha value is -1.73. The Morgan fingerprint density at radius 1 is 1.20 bits per heavy atom. The van der Waals surface area contributed by atoms with Crippen molar-refractivity contribution in [1.82, 2.24) is 4.98 Å². The van der Waals surface area contributed by atoms with Gasteiger partial charge in [0.25, 0.3) is 0 Å². The van der Waals surface area contributed by atoms with Gasteiger partial charge >= 0.3 is 5.97 Å². The van der Waals surface area contributed by atoms with E-state index in [-0.39, 0.29) is 0 Å². The van der Waals surface area contributed by atoms with Crippen LogP contribution >= 0.6 is 15.9 Å². The Morgan fingerprint density at radius 3 is 2.30 bits per heavy atom. The number of esters is 1. The number of benzene rings is 1. The van der Waals surface area contributed by atoms with Gasteiger partial charge in [0, 0.05) is 6.20 Å². The molecule has 1 atom stereocenters. The molecule has 0 saturated heterocycles. The van der Waals surface area contributed by atoms with Crippen LogP contribution in [0.15, 0.2) is 57.0 Å². The van der Waals surface area contributed by atoms with Crippen molar-refractivity contribution in [1.29, 1.82) is 4.78 Å². The Morgan fingerprint density at radius 2 is 1.80 bits per heavy atom. The molecule has 2 rings (SSSR count). The van der Waals surface area contributed by atoms with Crippen LogP contribution in [0.4, 0.5) is 0 Å². The maximum absolute atomic E-state index is 12.5. The molecule has 1 aromatic heterocycles. The highest BCUT2D eigenvalue weighted by Gasteiger charge is 2.15. The molecular weight excluding hydrogens is 344 g/mol. The summed E-state index contributed by atoms with van der Waals surface area (Å²) in [6.07, 6.45) is 1.40. The maximum atomic E-state index is 12.5. The van der Waals surface area contributed by atoms with Crippen LogP contribution in [0.2, 0.25) is 0 Å². The van der Waals surface area contributed by atoms with E-state index < -0.39 is 15.7 Å². The fourth-order valence-corrected chi connectivity index (χ4v) is 3.06. The second kappa shape index (κ2) is 5.72. The van der Waals surface area contributed by atoms with Crippen molar-refractivity contribution >= 4 is 31.6 Å². The molecule has 104 valence electrons. The smallest absolute Gasteiger partial charge is 0.337 e. The summed E-state index contributed by atoms with van der Waals surface area (Å²) in [5.74, 6) is -0.474. The molecule has 0 bridgehead atoms. The molecule has 0 aliphatic rings. The van der Waals surface area contributed by atoms with E-state index >= 15 is 0 Å². The molecule has 0 spiro atoms. The van der Waals surface area contributed by atoms with Crippen molar-refractivity contribution in [2.75, 3.05) is 7.11 Å². The van der Waals surface area contributed by atoms with Crippen LogP contribution in [0.5, 0.6) is 0 Å². The van der Waals surface area contributed by atoms with Gasteiger partial charge in [0.2, 0.25) is 0 Å². The number of aromatic nitrogens is 1. The predicted molar refractivity (Wildman–Crippen MR) is 77.1 cm³/mol. The zero-order valence-corrected chi connectivity index (χ0v) is 12.9. The minimum absolute atomic E-state index is 0.312. The number of nitrogens with one attached hydrogen (secondary N) is 1. The predicted octanol–water partition coefficient (Wildman–Crippen LogP) is 3.10. The molecule has 1 heterocycles. The number of nitrogens with zero attached hydrogens (tertiary/aromatic N) is 1. The SMILES string of the molecule is COC(=O)c1ccc(S(=N)(=O)c2ccc(Br)nc2)cc1. The van der Waals surface area contributed by atoms with Crippen LogP contribution in [-0.4, -0.2) is 22.3 Å². The first-order valence-electron chi connectivity index (χ1n) is 5.54. The Labute approximate surface area is 125 Å². The van der Waals surface area contributed by atoms with Gasteiger partial charge in [0.1, 0.15) is 14.3 Å². The molecule has 0 amide bonds. The quantitative estimate of drug-likeness (QED) is 0.678. The summed E-state index contributed by atoms with van der Waals surface area (Å²) in [7, 11) is -1.85. The number of halogens is 1. The van der Waals surface area contributed by atoms with Gasteiger partial charge in [-0.1, -0.05) is 0 Å². The van der Waals surface area contributed by atoms with Crippen molar-refractivity contribution in [3.63, 3.8) is 0 Å². The maximum Gasteiger partial charge on any atom is 0.337 e. The van der Waals surface area contributed by atoms with Crippen molar-refractivity contribution in [3.05, 3.63) is 52.8 Å². The van der Waals surface area contributed by atoms with Crippen LogP contribution in [-0.2, 0) is 14.5 Å². The minimum Gasteiger partial charge on any atom is -0.465 e. The van der Waals surface area contributed by atoms with E-state index in [1.807, 2.05) is 0 Å². The third-order valence-corrected chi connectivity index (χ3v) is 4.95. The Kier molecular flexibility index (Phi) is 4.20. The molecule has 7 heteroatoms. The van der Waals surface area contributed by atoms with Gasteiger partial charge in [0.05, 0.1) is 22.5 Å². The van der Waals surface area contributed by atoms with Crippen LogP contribution in [0.25, 0.3) is 0 Å². The molecular formula is C13H11BrN2O3S. The molecule has 5 nitrogen and oxygen atoms in total. The average molecular weight is 355 g/mol. The molecule has 1 N–H and O–H groups in total. The summed E-state index contributed by atoms with van der Waals surface area (Å²) in [5.41, 5.74) is 0.348. The molecule has 20 heavy (non-hydrogen) atoms. The highest BCUT2D eigenvalue weighted by molar-refractivity contribution is 9.10. The summed E-state index contributed by atoms with van der Waals surface area (Å²) < 4.78 is 25.8. The number of rotatable bonds is 3. The second-order valence-corrected chi connectivity index (χ2v) is 6.76. The lowest BCUT2D eigenvalue weighted by molar-refractivity contribution is 0.0600. The summed E-state index contributed by atoms with van der Waals surface area (Å²) >= 11 is 3.19. The lowest BCUT2D eigenvalue weighted by Crippen LogP contribution is -2.04. The topological polar surface area (TPSA) is 80.1 Å². The number of hydrogen-bond acceptors (Lipinski definition) is 5. The highest BCUT2D eigenvalue weighted by Crippen LogP contribution is 2.22. The molecule has 0 fully saturated rings. The van der Waals surface area contributed by atoms with Crippen LogP contribution in [0.1, 0.15) is 10.4 Å². The van der Waals surface area contributed by atoms with Gasteiger partial charge in [-0.2, -0.15) is 0 Å². The number of carbonyl (C=O) groups is 1. The van der Waals surface area contributed by atoms with E-state index in [2.05, 4.69) is 25.7 Å². The molecule has 0 aliphatic heterocycles. The van der Waals surface area contributed by atoms with Crippen molar-refractivity contribution in [2.45, 2.75) is 9.79 Å². The van der Waals surface area contributed by atoms with Crippen molar-refractivity contribution in [2.24, 2.45) is 0 Å². The fourth-order valence-electron chi connectivity index (χ4n) is 1.57. The number of ether oxygens (including phenoxy) is 1. The highest BCUT2D eigenvalue weighted by atomic mass is 79.9. The minimum atomic E-state index is -3.14. The summed E-state index contributed by atoms with van der Waals surface area (Å²) in [5, 5.41) is 0. The Balaban J connectivity index is 2.40. The van der Waals surface area contributed by atoms with Gasteiger partial charge in [-0.05, 0) is 52.3 Å². The number of carbonyl (C=O) groups excluding carboxylic acids is 1. The normalized spacial score (nSPS) is 13.5. The van der Waals surface area contributed by atoms with Gasteiger partial charge in [0.15, 0.2) is 0 Å². The summed E-state index contributed by atoms with van der Waals surface area (Å²) in [6.45, 7) is 0. The molecule has 0 radical (unpaired) electrons. The third-order valence-electron chi connectivity index (χ3n) is 2.64. The second-order valence-electron chi connectivity index (χ2n) is 3.89. The third kappa shape index (κ3) is 2.88. The van der Waals surface area contributed by atoms with Crippen LogP contribution < -0.4 is 0 Å². The largest absolute Gasteiger partial charge is 0.465 e. The van der Waals surface area contributed by atoms with E-state index in [1.54, 1.807) is 12.1 Å². The molecule has 0 saturated carbocycles. The molecule has 1 unspecified atom stereocenters. The van der Waals surface area contributed by atoms with E-state index in [4.69, 9.17) is 4.78 Å². The molecule has 1 aromatic carbocycles. The monoisotopic (exact) mass is 354 g/mol. The van der Waals surface area contributed by atoms with E-state index in [0.717, 1.165) is 0 Å². The van der Waals surface area contributed by atoms with Crippen molar-refractivity contribution < 1.29 is 13.7 Å². The van der Waals surface area contributed by atoms with Gasteiger partial charge in [-0.25, -0.2) is 18.8 Å². The summed E-state index contributed by atoms with van der Waals surface area (Å²) in [6, 6.07) is 9.17.